The van der Waals surface area contributed by atoms with Crippen molar-refractivity contribution in [3.63, 3.8) is 0 Å². The molecule has 1 rings (SSSR count). The Morgan fingerprint density at radius 1 is 1.83 bits per heavy atom. The molecule has 1 aromatic rings. The summed E-state index contributed by atoms with van der Waals surface area (Å²) in [6.45, 7) is 0.876. The Labute approximate surface area is 69.7 Å². The first-order valence-corrected chi connectivity index (χ1v) is 3.58. The molecule has 1 heterocycles. The van der Waals surface area contributed by atoms with Crippen molar-refractivity contribution >= 4 is 5.91 Å². The first kappa shape index (κ1) is 8.66. The second kappa shape index (κ2) is 3.82. The fraction of sp³-hybridized carbons (Fsp3) is 0.500. The minimum absolute atomic E-state index is 0.242. The summed E-state index contributed by atoms with van der Waals surface area (Å²) in [6, 6.07) is 0. The highest BCUT2D eigenvalue weighted by molar-refractivity contribution is 5.91. The number of hydrogen-bond donors (Lipinski definition) is 2. The summed E-state index contributed by atoms with van der Waals surface area (Å²) >= 11 is 0. The van der Waals surface area contributed by atoms with Gasteiger partial charge < -0.3 is 11.1 Å². The lowest BCUT2D eigenvalue weighted by Crippen LogP contribution is -2.29. The third-order valence-corrected chi connectivity index (χ3v) is 1.26. The van der Waals surface area contributed by atoms with Crippen LogP contribution in [0.4, 0.5) is 0 Å². The van der Waals surface area contributed by atoms with Gasteiger partial charge in [-0.2, -0.15) is 9.90 Å². The fourth-order valence-corrected chi connectivity index (χ4v) is 0.726. The van der Waals surface area contributed by atoms with Crippen LogP contribution in [0, 0.1) is 0 Å². The van der Waals surface area contributed by atoms with Crippen molar-refractivity contribution in [2.45, 2.75) is 0 Å². The minimum Gasteiger partial charge on any atom is -0.349 e. The maximum absolute atomic E-state index is 11.1. The van der Waals surface area contributed by atoms with E-state index < -0.39 is 0 Å². The molecule has 1 amide bonds. The van der Waals surface area contributed by atoms with E-state index in [0.29, 0.717) is 18.8 Å². The van der Waals surface area contributed by atoms with Crippen LogP contribution in [0.1, 0.15) is 10.5 Å². The molecule has 6 heteroatoms. The van der Waals surface area contributed by atoms with Crippen LogP contribution in [0.25, 0.3) is 0 Å². The van der Waals surface area contributed by atoms with Gasteiger partial charge in [0.05, 0.1) is 6.20 Å². The third kappa shape index (κ3) is 2.03. The van der Waals surface area contributed by atoms with E-state index in [2.05, 4.69) is 15.5 Å². The molecule has 0 saturated carbocycles. The van der Waals surface area contributed by atoms with Crippen LogP contribution in [-0.4, -0.2) is 34.0 Å². The average molecular weight is 169 g/mol. The van der Waals surface area contributed by atoms with Gasteiger partial charge in [-0.1, -0.05) is 0 Å². The van der Waals surface area contributed by atoms with Gasteiger partial charge in [0.1, 0.15) is 0 Å². The molecular weight excluding hydrogens is 158 g/mol. The van der Waals surface area contributed by atoms with E-state index in [0.717, 1.165) is 0 Å². The Kier molecular flexibility index (Phi) is 2.76. The molecule has 66 valence electrons. The van der Waals surface area contributed by atoms with Gasteiger partial charge >= 0.3 is 0 Å². The van der Waals surface area contributed by atoms with Gasteiger partial charge in [0.25, 0.3) is 5.91 Å². The van der Waals surface area contributed by atoms with Gasteiger partial charge in [-0.3, -0.25) is 4.79 Å². The maximum Gasteiger partial charge on any atom is 0.273 e. The Morgan fingerprint density at radius 3 is 3.08 bits per heavy atom. The monoisotopic (exact) mass is 169 g/mol. The maximum atomic E-state index is 11.1. The lowest BCUT2D eigenvalue weighted by atomic mass is 10.4. The highest BCUT2D eigenvalue weighted by Gasteiger charge is 2.07. The molecule has 0 saturated heterocycles. The summed E-state index contributed by atoms with van der Waals surface area (Å²) in [5.74, 6) is -0.242. The highest BCUT2D eigenvalue weighted by Crippen LogP contribution is 1.88. The molecule has 12 heavy (non-hydrogen) atoms. The number of amides is 1. The second-order valence-electron chi connectivity index (χ2n) is 2.26. The van der Waals surface area contributed by atoms with Crippen molar-refractivity contribution in [3.05, 3.63) is 11.9 Å². The minimum atomic E-state index is -0.242. The quantitative estimate of drug-likeness (QED) is 0.576. The number of aromatic nitrogens is 3. The molecule has 0 radical (unpaired) electrons. The van der Waals surface area contributed by atoms with Crippen LogP contribution >= 0.6 is 0 Å². The van der Waals surface area contributed by atoms with Crippen LogP contribution in [0.5, 0.6) is 0 Å². The predicted molar refractivity (Wildman–Crippen MR) is 42.4 cm³/mol. The summed E-state index contributed by atoms with van der Waals surface area (Å²) in [5.41, 5.74) is 5.52. The van der Waals surface area contributed by atoms with Gasteiger partial charge in [-0.15, -0.1) is 5.10 Å². The smallest absolute Gasteiger partial charge is 0.273 e. The molecule has 3 N–H and O–H groups in total. The first-order chi connectivity index (χ1) is 5.74. The summed E-state index contributed by atoms with van der Waals surface area (Å²) in [6.07, 6.45) is 1.41. The molecule has 0 aliphatic carbocycles. The van der Waals surface area contributed by atoms with E-state index in [4.69, 9.17) is 5.73 Å². The molecule has 0 aromatic carbocycles. The number of aryl methyl sites for hydroxylation is 1. The number of hydrogen-bond acceptors (Lipinski definition) is 4. The zero-order valence-corrected chi connectivity index (χ0v) is 6.82. The van der Waals surface area contributed by atoms with Gasteiger partial charge in [-0.05, 0) is 0 Å². The lowest BCUT2D eigenvalue weighted by Gasteiger charge is -1.97. The van der Waals surface area contributed by atoms with Crippen LogP contribution < -0.4 is 11.1 Å². The SMILES string of the molecule is Cn1ncc(C(=O)NCCN)n1. The topological polar surface area (TPSA) is 85.8 Å². The van der Waals surface area contributed by atoms with E-state index in [1.807, 2.05) is 0 Å². The third-order valence-electron chi connectivity index (χ3n) is 1.26. The first-order valence-electron chi connectivity index (χ1n) is 3.58. The van der Waals surface area contributed by atoms with E-state index in [1.54, 1.807) is 7.05 Å². The summed E-state index contributed by atoms with van der Waals surface area (Å²) in [4.78, 5) is 12.5. The second-order valence-corrected chi connectivity index (χ2v) is 2.26. The molecule has 6 nitrogen and oxygen atoms in total. The van der Waals surface area contributed by atoms with E-state index in [9.17, 15) is 4.79 Å². The molecular formula is C6H11N5O. The molecule has 0 atom stereocenters. The molecule has 0 aliphatic heterocycles. The Bertz CT molecular complexity index is 269. The zero-order valence-electron chi connectivity index (χ0n) is 6.82. The van der Waals surface area contributed by atoms with E-state index in [-0.39, 0.29) is 5.91 Å². The summed E-state index contributed by atoms with van der Waals surface area (Å²) < 4.78 is 0. The van der Waals surface area contributed by atoms with Gasteiger partial charge in [-0.25, -0.2) is 0 Å². The Balaban J connectivity index is 2.53. The summed E-state index contributed by atoms with van der Waals surface area (Å²) in [7, 11) is 1.65. The van der Waals surface area contributed by atoms with Gasteiger partial charge in [0.2, 0.25) is 0 Å². The van der Waals surface area contributed by atoms with Crippen molar-refractivity contribution in [1.82, 2.24) is 20.3 Å². The number of nitrogens with one attached hydrogen (secondary N) is 1. The van der Waals surface area contributed by atoms with Crippen LogP contribution in [0.15, 0.2) is 6.20 Å². The number of nitrogens with zero attached hydrogens (tertiary/aromatic N) is 3. The number of rotatable bonds is 3. The molecule has 0 bridgehead atoms. The van der Waals surface area contributed by atoms with Crippen molar-refractivity contribution in [2.24, 2.45) is 12.8 Å². The van der Waals surface area contributed by atoms with Crippen molar-refractivity contribution in [1.29, 1.82) is 0 Å². The number of carbonyl (C=O) groups is 1. The van der Waals surface area contributed by atoms with Crippen LogP contribution in [0.3, 0.4) is 0 Å². The molecule has 0 spiro atoms. The standard InChI is InChI=1S/C6H11N5O/c1-11-9-4-5(10-11)6(12)8-3-2-7/h4H,2-3,7H2,1H3,(H,8,12). The largest absolute Gasteiger partial charge is 0.349 e. The molecule has 0 fully saturated rings. The fourth-order valence-electron chi connectivity index (χ4n) is 0.726. The normalized spacial score (nSPS) is 9.83. The molecule has 0 aliphatic rings. The number of carbonyl (C=O) groups excluding carboxylic acids is 1. The average Bonchev–Trinajstić information content (AvgIpc) is 2.47. The van der Waals surface area contributed by atoms with Crippen molar-refractivity contribution < 1.29 is 4.79 Å². The zero-order chi connectivity index (χ0) is 8.97. The molecule has 1 aromatic heterocycles. The lowest BCUT2D eigenvalue weighted by molar-refractivity contribution is 0.0949. The van der Waals surface area contributed by atoms with Gasteiger partial charge in [0.15, 0.2) is 5.69 Å². The van der Waals surface area contributed by atoms with E-state index >= 15 is 0 Å². The van der Waals surface area contributed by atoms with Crippen molar-refractivity contribution in [3.8, 4) is 0 Å². The number of nitrogens with two attached hydrogens (primary N) is 1. The van der Waals surface area contributed by atoms with Crippen LogP contribution in [0.2, 0.25) is 0 Å². The Hall–Kier alpha value is -1.43. The summed E-state index contributed by atoms with van der Waals surface area (Å²) in [5, 5.41) is 10.2. The van der Waals surface area contributed by atoms with Crippen molar-refractivity contribution in [2.75, 3.05) is 13.1 Å². The predicted octanol–water partition coefficient (Wildman–Crippen LogP) is -1.50. The van der Waals surface area contributed by atoms with E-state index in [1.165, 1.54) is 11.0 Å². The van der Waals surface area contributed by atoms with Gasteiger partial charge in [0, 0.05) is 20.1 Å². The molecule has 0 unspecified atom stereocenters. The highest BCUT2D eigenvalue weighted by atomic mass is 16.2. The Morgan fingerprint density at radius 2 is 2.58 bits per heavy atom. The van der Waals surface area contributed by atoms with Crippen LogP contribution in [-0.2, 0) is 7.05 Å².